The molecular weight excluding hydrogens is 318 g/mol. The average Bonchev–Trinajstić information content (AvgIpc) is 2.56. The SMILES string of the molecule is C=C/C=C(\C=C/N)Sc1ccc(Nc2cc(CC)nc(N)n2)cc1. The first-order valence-electron chi connectivity index (χ1n) is 7.54. The molecule has 0 aliphatic rings. The molecule has 6 heteroatoms. The summed E-state index contributed by atoms with van der Waals surface area (Å²) in [5, 5.41) is 3.25. The van der Waals surface area contributed by atoms with Gasteiger partial charge in [-0.05, 0) is 49.0 Å². The van der Waals surface area contributed by atoms with Crippen molar-refractivity contribution in [2.45, 2.75) is 18.2 Å². The van der Waals surface area contributed by atoms with Gasteiger partial charge in [0.1, 0.15) is 5.82 Å². The standard InChI is InChI=1S/C18H21N5S/c1-3-5-15(10-11-19)24-16-8-6-14(7-9-16)21-17-12-13(4-2)22-18(20)23-17/h3,5-12H,1,4,19H2,2H3,(H3,20,21,22,23)/b11-10-,15-5+. The molecule has 0 saturated heterocycles. The van der Waals surface area contributed by atoms with Crippen LogP contribution in [-0.2, 0) is 6.42 Å². The van der Waals surface area contributed by atoms with Crippen molar-refractivity contribution < 1.29 is 0 Å². The fourth-order valence-electron chi connectivity index (χ4n) is 1.99. The van der Waals surface area contributed by atoms with Gasteiger partial charge in [-0.2, -0.15) is 4.98 Å². The molecule has 1 aromatic heterocycles. The number of nitrogens with one attached hydrogen (secondary N) is 1. The zero-order chi connectivity index (χ0) is 17.4. The van der Waals surface area contributed by atoms with E-state index in [9.17, 15) is 0 Å². The first-order valence-corrected chi connectivity index (χ1v) is 8.35. The van der Waals surface area contributed by atoms with Crippen LogP contribution in [0.15, 0.2) is 71.1 Å². The predicted octanol–water partition coefficient (Wildman–Crippen LogP) is 4.00. The molecule has 0 radical (unpaired) electrons. The number of nitrogen functional groups attached to an aromatic ring is 1. The number of allylic oxidation sites excluding steroid dienone is 3. The summed E-state index contributed by atoms with van der Waals surface area (Å²) in [5.74, 6) is 0.967. The van der Waals surface area contributed by atoms with E-state index in [4.69, 9.17) is 11.5 Å². The third-order valence-electron chi connectivity index (χ3n) is 3.06. The van der Waals surface area contributed by atoms with Gasteiger partial charge in [0.2, 0.25) is 5.95 Å². The zero-order valence-electron chi connectivity index (χ0n) is 13.6. The minimum absolute atomic E-state index is 0.275. The second-order valence-corrected chi connectivity index (χ2v) is 6.02. The summed E-state index contributed by atoms with van der Waals surface area (Å²) < 4.78 is 0. The Balaban J connectivity index is 2.11. The van der Waals surface area contributed by atoms with Gasteiger partial charge in [0, 0.05) is 27.2 Å². The topological polar surface area (TPSA) is 89.8 Å². The van der Waals surface area contributed by atoms with Crippen molar-refractivity contribution in [3.63, 3.8) is 0 Å². The quantitative estimate of drug-likeness (QED) is 0.522. The van der Waals surface area contributed by atoms with Gasteiger partial charge in [0.15, 0.2) is 0 Å². The van der Waals surface area contributed by atoms with E-state index in [0.29, 0.717) is 5.82 Å². The molecule has 0 atom stereocenters. The van der Waals surface area contributed by atoms with Crippen molar-refractivity contribution in [3.8, 4) is 0 Å². The van der Waals surface area contributed by atoms with Crippen molar-refractivity contribution in [2.24, 2.45) is 5.73 Å². The molecule has 0 spiro atoms. The highest BCUT2D eigenvalue weighted by Crippen LogP contribution is 2.29. The molecule has 2 aromatic rings. The van der Waals surface area contributed by atoms with E-state index in [2.05, 4.69) is 21.9 Å². The summed E-state index contributed by atoms with van der Waals surface area (Å²) in [6.07, 6.45) is 7.82. The van der Waals surface area contributed by atoms with Crippen LogP contribution in [-0.4, -0.2) is 9.97 Å². The fraction of sp³-hybridized carbons (Fsp3) is 0.111. The minimum atomic E-state index is 0.275. The Kier molecular flexibility index (Phi) is 6.45. The molecule has 0 aliphatic heterocycles. The zero-order valence-corrected chi connectivity index (χ0v) is 14.4. The maximum Gasteiger partial charge on any atom is 0.222 e. The molecule has 0 unspecified atom stereocenters. The van der Waals surface area contributed by atoms with Crippen molar-refractivity contribution in [2.75, 3.05) is 11.1 Å². The van der Waals surface area contributed by atoms with Gasteiger partial charge < -0.3 is 16.8 Å². The Morgan fingerprint density at radius 1 is 1.29 bits per heavy atom. The van der Waals surface area contributed by atoms with E-state index in [1.165, 1.54) is 6.20 Å². The summed E-state index contributed by atoms with van der Waals surface area (Å²) in [6.45, 7) is 5.74. The lowest BCUT2D eigenvalue weighted by Gasteiger charge is -2.09. The van der Waals surface area contributed by atoms with E-state index < -0.39 is 0 Å². The monoisotopic (exact) mass is 339 g/mol. The van der Waals surface area contributed by atoms with E-state index in [1.54, 1.807) is 17.8 Å². The van der Waals surface area contributed by atoms with Crippen LogP contribution in [0.5, 0.6) is 0 Å². The normalized spacial score (nSPS) is 11.6. The average molecular weight is 339 g/mol. The number of hydrogen-bond donors (Lipinski definition) is 3. The lowest BCUT2D eigenvalue weighted by atomic mass is 10.3. The van der Waals surface area contributed by atoms with Gasteiger partial charge >= 0.3 is 0 Å². The van der Waals surface area contributed by atoms with Gasteiger partial charge in [-0.1, -0.05) is 31.3 Å². The Hall–Kier alpha value is -2.73. The Morgan fingerprint density at radius 3 is 2.67 bits per heavy atom. The van der Waals surface area contributed by atoms with Gasteiger partial charge in [0.05, 0.1) is 0 Å². The lowest BCUT2D eigenvalue weighted by Crippen LogP contribution is -2.02. The number of nitrogens with two attached hydrogens (primary N) is 2. The summed E-state index contributed by atoms with van der Waals surface area (Å²) in [6, 6.07) is 9.93. The molecule has 24 heavy (non-hydrogen) atoms. The molecule has 124 valence electrons. The minimum Gasteiger partial charge on any atom is -0.405 e. The lowest BCUT2D eigenvalue weighted by molar-refractivity contribution is 1.01. The molecule has 0 aliphatic carbocycles. The van der Waals surface area contributed by atoms with Gasteiger partial charge in [-0.15, -0.1) is 0 Å². The highest BCUT2D eigenvalue weighted by molar-refractivity contribution is 8.03. The van der Waals surface area contributed by atoms with E-state index in [1.807, 2.05) is 49.4 Å². The fourth-order valence-corrected chi connectivity index (χ4v) is 2.84. The third kappa shape index (κ3) is 5.17. The molecule has 1 aromatic carbocycles. The van der Waals surface area contributed by atoms with E-state index in [-0.39, 0.29) is 5.95 Å². The molecule has 5 N–H and O–H groups in total. The Bertz CT molecular complexity index is 751. The van der Waals surface area contributed by atoms with E-state index in [0.717, 1.165) is 27.6 Å². The van der Waals surface area contributed by atoms with Crippen LogP contribution in [0.2, 0.25) is 0 Å². The van der Waals surface area contributed by atoms with Gasteiger partial charge in [0.25, 0.3) is 0 Å². The van der Waals surface area contributed by atoms with Crippen molar-refractivity contribution >= 4 is 29.2 Å². The largest absolute Gasteiger partial charge is 0.405 e. The molecule has 5 nitrogen and oxygen atoms in total. The molecule has 0 amide bonds. The Labute approximate surface area is 146 Å². The number of thioether (sulfide) groups is 1. The maximum atomic E-state index is 5.73. The Morgan fingerprint density at radius 2 is 2.04 bits per heavy atom. The maximum absolute atomic E-state index is 5.73. The summed E-state index contributed by atoms with van der Waals surface area (Å²) >= 11 is 1.61. The molecule has 1 heterocycles. The van der Waals surface area contributed by atoms with Crippen molar-refractivity contribution in [1.29, 1.82) is 0 Å². The second kappa shape index (κ2) is 8.79. The second-order valence-electron chi connectivity index (χ2n) is 4.87. The smallest absolute Gasteiger partial charge is 0.222 e. The van der Waals surface area contributed by atoms with Crippen molar-refractivity contribution in [1.82, 2.24) is 9.97 Å². The predicted molar refractivity (Wildman–Crippen MR) is 103 cm³/mol. The van der Waals surface area contributed by atoms with Crippen LogP contribution in [0.1, 0.15) is 12.6 Å². The molecular formula is C18H21N5S. The molecule has 2 rings (SSSR count). The van der Waals surface area contributed by atoms with Crippen molar-refractivity contribution in [3.05, 3.63) is 71.9 Å². The van der Waals surface area contributed by atoms with Crippen LogP contribution in [0.25, 0.3) is 0 Å². The highest BCUT2D eigenvalue weighted by atomic mass is 32.2. The number of aryl methyl sites for hydroxylation is 1. The van der Waals surface area contributed by atoms with Crippen LogP contribution in [0, 0.1) is 0 Å². The van der Waals surface area contributed by atoms with Gasteiger partial charge in [-0.3, -0.25) is 0 Å². The number of aromatic nitrogens is 2. The number of anilines is 3. The van der Waals surface area contributed by atoms with Gasteiger partial charge in [-0.25, -0.2) is 4.98 Å². The number of nitrogens with zero attached hydrogens (tertiary/aromatic N) is 2. The number of rotatable bonds is 7. The first-order chi connectivity index (χ1) is 11.6. The van der Waals surface area contributed by atoms with Crippen LogP contribution in [0.3, 0.4) is 0 Å². The van der Waals surface area contributed by atoms with Crippen LogP contribution >= 0.6 is 11.8 Å². The third-order valence-corrected chi connectivity index (χ3v) is 4.08. The highest BCUT2D eigenvalue weighted by Gasteiger charge is 2.03. The van der Waals surface area contributed by atoms with Crippen LogP contribution < -0.4 is 16.8 Å². The number of benzene rings is 1. The molecule has 0 saturated carbocycles. The van der Waals surface area contributed by atoms with Crippen LogP contribution in [0.4, 0.5) is 17.5 Å². The summed E-state index contributed by atoms with van der Waals surface area (Å²) in [5.41, 5.74) is 13.0. The van der Waals surface area contributed by atoms with E-state index >= 15 is 0 Å². The number of hydrogen-bond acceptors (Lipinski definition) is 6. The molecule has 0 fully saturated rings. The summed E-state index contributed by atoms with van der Waals surface area (Å²) in [7, 11) is 0. The summed E-state index contributed by atoms with van der Waals surface area (Å²) in [4.78, 5) is 10.5. The molecule has 0 bridgehead atoms. The first kappa shape index (κ1) is 17.6.